The van der Waals surface area contributed by atoms with Crippen LogP contribution in [0.5, 0.6) is 5.75 Å². The van der Waals surface area contributed by atoms with Crippen molar-refractivity contribution in [2.45, 2.75) is 20.3 Å². The second-order valence-corrected chi connectivity index (χ2v) is 5.50. The van der Waals surface area contributed by atoms with Crippen LogP contribution in [0.4, 0.5) is 5.82 Å². The lowest BCUT2D eigenvalue weighted by atomic mass is 10.0. The van der Waals surface area contributed by atoms with Crippen LogP contribution in [0.1, 0.15) is 20.3 Å². The standard InChI is InChI=1S/C19H21N3O2/c1-3-10-20-19-17-16(9-11-21-19)22-12-15(18(17)23)13-5-7-14(8-6-13)24-4-2/h5-9,11-12H,3-4,10H2,1-2H3,(H,20,21)(H,22,23). The summed E-state index contributed by atoms with van der Waals surface area (Å²) in [7, 11) is 0. The van der Waals surface area contributed by atoms with E-state index >= 15 is 0 Å². The topological polar surface area (TPSA) is 67.0 Å². The Labute approximate surface area is 140 Å². The molecule has 2 N–H and O–H groups in total. The van der Waals surface area contributed by atoms with Crippen molar-refractivity contribution >= 4 is 16.7 Å². The van der Waals surface area contributed by atoms with Gasteiger partial charge in [0.2, 0.25) is 5.43 Å². The number of benzene rings is 1. The molecule has 5 heteroatoms. The van der Waals surface area contributed by atoms with Gasteiger partial charge in [0.1, 0.15) is 11.6 Å². The maximum atomic E-state index is 13.0. The largest absolute Gasteiger partial charge is 0.494 e. The summed E-state index contributed by atoms with van der Waals surface area (Å²) in [4.78, 5) is 20.5. The van der Waals surface area contributed by atoms with E-state index in [0.29, 0.717) is 23.4 Å². The molecular weight excluding hydrogens is 302 g/mol. The highest BCUT2D eigenvalue weighted by atomic mass is 16.5. The van der Waals surface area contributed by atoms with Crippen molar-refractivity contribution in [2.24, 2.45) is 0 Å². The quantitative estimate of drug-likeness (QED) is 0.724. The molecule has 24 heavy (non-hydrogen) atoms. The van der Waals surface area contributed by atoms with E-state index in [-0.39, 0.29) is 5.43 Å². The molecule has 0 radical (unpaired) electrons. The summed E-state index contributed by atoms with van der Waals surface area (Å²) in [6.07, 6.45) is 4.42. The van der Waals surface area contributed by atoms with Crippen LogP contribution in [0.25, 0.3) is 22.0 Å². The number of ether oxygens (including phenoxy) is 1. The highest BCUT2D eigenvalue weighted by Gasteiger charge is 2.12. The molecule has 0 fully saturated rings. The van der Waals surface area contributed by atoms with E-state index in [0.717, 1.165) is 29.8 Å². The van der Waals surface area contributed by atoms with Crippen LogP contribution in [-0.2, 0) is 0 Å². The maximum absolute atomic E-state index is 13.0. The van der Waals surface area contributed by atoms with Gasteiger partial charge in [-0.15, -0.1) is 0 Å². The van der Waals surface area contributed by atoms with Crippen LogP contribution in [0, 0.1) is 0 Å². The van der Waals surface area contributed by atoms with Gasteiger partial charge in [0.15, 0.2) is 0 Å². The van der Waals surface area contributed by atoms with Gasteiger partial charge in [-0.2, -0.15) is 0 Å². The fraction of sp³-hybridized carbons (Fsp3) is 0.263. The molecule has 0 atom stereocenters. The summed E-state index contributed by atoms with van der Waals surface area (Å²) < 4.78 is 5.45. The van der Waals surface area contributed by atoms with Gasteiger partial charge < -0.3 is 15.0 Å². The lowest BCUT2D eigenvalue weighted by Crippen LogP contribution is -2.11. The number of H-pyrrole nitrogens is 1. The Hall–Kier alpha value is -2.82. The first-order valence-corrected chi connectivity index (χ1v) is 8.22. The Morgan fingerprint density at radius 2 is 1.96 bits per heavy atom. The van der Waals surface area contributed by atoms with Crippen LogP contribution in [0.15, 0.2) is 47.5 Å². The van der Waals surface area contributed by atoms with Gasteiger partial charge in [0, 0.05) is 24.5 Å². The molecule has 0 saturated heterocycles. The monoisotopic (exact) mass is 323 g/mol. The van der Waals surface area contributed by atoms with E-state index in [1.54, 1.807) is 12.4 Å². The number of hydrogen-bond donors (Lipinski definition) is 2. The predicted molar refractivity (Wildman–Crippen MR) is 97.7 cm³/mol. The lowest BCUT2D eigenvalue weighted by molar-refractivity contribution is 0.340. The van der Waals surface area contributed by atoms with Gasteiger partial charge >= 0.3 is 0 Å². The Bertz CT molecular complexity index is 885. The van der Waals surface area contributed by atoms with Crippen molar-refractivity contribution in [3.05, 3.63) is 52.9 Å². The van der Waals surface area contributed by atoms with Crippen LogP contribution in [0.3, 0.4) is 0 Å². The Morgan fingerprint density at radius 1 is 1.17 bits per heavy atom. The van der Waals surface area contributed by atoms with E-state index in [4.69, 9.17) is 4.74 Å². The minimum atomic E-state index is -0.0281. The number of aromatic amines is 1. The molecule has 1 aromatic carbocycles. The summed E-state index contributed by atoms with van der Waals surface area (Å²) in [5.74, 6) is 1.42. The third-order valence-corrected chi connectivity index (χ3v) is 3.81. The highest BCUT2D eigenvalue weighted by molar-refractivity contribution is 5.91. The molecule has 0 aliphatic rings. The zero-order valence-electron chi connectivity index (χ0n) is 13.9. The summed E-state index contributed by atoms with van der Waals surface area (Å²) >= 11 is 0. The Balaban J connectivity index is 2.09. The van der Waals surface area contributed by atoms with Crippen LogP contribution < -0.4 is 15.5 Å². The van der Waals surface area contributed by atoms with Crippen molar-refractivity contribution in [1.29, 1.82) is 0 Å². The number of pyridine rings is 2. The van der Waals surface area contributed by atoms with Crippen LogP contribution >= 0.6 is 0 Å². The minimum Gasteiger partial charge on any atom is -0.494 e. The van der Waals surface area contributed by atoms with Gasteiger partial charge in [-0.25, -0.2) is 4.98 Å². The molecule has 0 amide bonds. The fourth-order valence-corrected chi connectivity index (χ4v) is 2.65. The average molecular weight is 323 g/mol. The maximum Gasteiger partial charge on any atom is 0.200 e. The van der Waals surface area contributed by atoms with Gasteiger partial charge in [-0.1, -0.05) is 19.1 Å². The molecule has 5 nitrogen and oxygen atoms in total. The normalized spacial score (nSPS) is 10.8. The molecule has 0 aliphatic carbocycles. The van der Waals surface area contributed by atoms with Crippen LogP contribution in [0.2, 0.25) is 0 Å². The SMILES string of the molecule is CCCNc1nccc2[nH]cc(-c3ccc(OCC)cc3)c(=O)c12. The molecule has 3 rings (SSSR count). The molecule has 2 heterocycles. The van der Waals surface area contributed by atoms with Crippen molar-refractivity contribution < 1.29 is 4.74 Å². The molecule has 3 aromatic rings. The number of fused-ring (bicyclic) bond motifs is 1. The molecule has 0 aliphatic heterocycles. The van der Waals surface area contributed by atoms with Gasteiger partial charge in [-0.05, 0) is 37.1 Å². The van der Waals surface area contributed by atoms with Crippen molar-refractivity contribution in [3.8, 4) is 16.9 Å². The molecule has 2 aromatic heterocycles. The summed E-state index contributed by atoms with van der Waals surface area (Å²) in [5.41, 5.74) is 2.23. The first-order chi connectivity index (χ1) is 11.7. The van der Waals surface area contributed by atoms with Crippen molar-refractivity contribution in [3.63, 3.8) is 0 Å². The van der Waals surface area contributed by atoms with E-state index < -0.39 is 0 Å². The fourth-order valence-electron chi connectivity index (χ4n) is 2.65. The number of nitrogens with zero attached hydrogens (tertiary/aromatic N) is 1. The zero-order valence-corrected chi connectivity index (χ0v) is 13.9. The Morgan fingerprint density at radius 3 is 2.67 bits per heavy atom. The number of aromatic nitrogens is 2. The third kappa shape index (κ3) is 3.11. The number of anilines is 1. The molecule has 0 unspecified atom stereocenters. The lowest BCUT2D eigenvalue weighted by Gasteiger charge is -2.09. The van der Waals surface area contributed by atoms with Gasteiger partial charge in [0.25, 0.3) is 0 Å². The second kappa shape index (κ2) is 7.17. The first kappa shape index (κ1) is 16.1. The van der Waals surface area contributed by atoms with Gasteiger partial charge in [-0.3, -0.25) is 4.79 Å². The molecule has 124 valence electrons. The van der Waals surface area contributed by atoms with E-state index in [9.17, 15) is 4.79 Å². The highest BCUT2D eigenvalue weighted by Crippen LogP contribution is 2.23. The summed E-state index contributed by atoms with van der Waals surface area (Å²) in [5, 5.41) is 3.83. The zero-order chi connectivity index (χ0) is 16.9. The van der Waals surface area contributed by atoms with Crippen LogP contribution in [-0.4, -0.2) is 23.1 Å². The van der Waals surface area contributed by atoms with E-state index in [2.05, 4.69) is 22.2 Å². The first-order valence-electron chi connectivity index (χ1n) is 8.22. The summed E-state index contributed by atoms with van der Waals surface area (Å²) in [6, 6.07) is 9.37. The number of nitrogens with one attached hydrogen (secondary N) is 2. The molecule has 0 saturated carbocycles. The molecule has 0 spiro atoms. The smallest absolute Gasteiger partial charge is 0.200 e. The van der Waals surface area contributed by atoms with E-state index in [1.807, 2.05) is 37.3 Å². The number of rotatable bonds is 6. The predicted octanol–water partition coefficient (Wildman–Crippen LogP) is 3.81. The summed E-state index contributed by atoms with van der Waals surface area (Å²) in [6.45, 7) is 5.42. The molecule has 0 bridgehead atoms. The average Bonchev–Trinajstić information content (AvgIpc) is 2.61. The molecular formula is C19H21N3O2. The van der Waals surface area contributed by atoms with E-state index in [1.165, 1.54) is 0 Å². The number of hydrogen-bond acceptors (Lipinski definition) is 4. The van der Waals surface area contributed by atoms with Crippen molar-refractivity contribution in [1.82, 2.24) is 9.97 Å². The Kier molecular flexibility index (Phi) is 4.79. The van der Waals surface area contributed by atoms with Crippen molar-refractivity contribution in [2.75, 3.05) is 18.5 Å². The third-order valence-electron chi connectivity index (χ3n) is 3.81. The second-order valence-electron chi connectivity index (χ2n) is 5.50. The van der Waals surface area contributed by atoms with Gasteiger partial charge in [0.05, 0.1) is 17.5 Å². The minimum absolute atomic E-state index is 0.0281.